The van der Waals surface area contributed by atoms with Crippen molar-refractivity contribution in [3.63, 3.8) is 0 Å². The molecule has 1 amide bonds. The number of amides is 1. The third-order valence-electron chi connectivity index (χ3n) is 3.88. The van der Waals surface area contributed by atoms with Crippen LogP contribution in [0.3, 0.4) is 0 Å². The fourth-order valence-electron chi connectivity index (χ4n) is 2.44. The van der Waals surface area contributed by atoms with Crippen LogP contribution >= 0.6 is 0 Å². The summed E-state index contributed by atoms with van der Waals surface area (Å²) < 4.78 is 5.34. The summed E-state index contributed by atoms with van der Waals surface area (Å²) in [6, 6.07) is 0.0211. The van der Waals surface area contributed by atoms with Crippen LogP contribution in [0, 0.1) is 6.92 Å². The van der Waals surface area contributed by atoms with Crippen LogP contribution in [0.15, 0.2) is 0 Å². The first-order valence-corrected chi connectivity index (χ1v) is 6.83. The minimum Gasteiger partial charge on any atom is -0.379 e. The number of nitrogens with zero attached hydrogens (tertiary/aromatic N) is 3. The van der Waals surface area contributed by atoms with E-state index in [1.54, 1.807) is 0 Å². The molecule has 7 heteroatoms. The average Bonchev–Trinajstić information content (AvgIpc) is 2.91. The van der Waals surface area contributed by atoms with E-state index in [0.717, 1.165) is 24.5 Å². The topological polar surface area (TPSA) is 79.4 Å². The van der Waals surface area contributed by atoms with Crippen molar-refractivity contribution in [2.75, 3.05) is 35.8 Å². The maximum absolute atomic E-state index is 11.8. The minimum atomic E-state index is -0.237. The summed E-state index contributed by atoms with van der Waals surface area (Å²) in [5.41, 5.74) is 1.47. The van der Waals surface area contributed by atoms with Crippen LogP contribution in [0.1, 0.15) is 19.0 Å². The molecular formula is C13H19N5O2. The van der Waals surface area contributed by atoms with Gasteiger partial charge in [-0.15, -0.1) is 0 Å². The Morgan fingerprint density at radius 3 is 2.95 bits per heavy atom. The highest BCUT2D eigenvalue weighted by Gasteiger charge is 2.30. The molecule has 2 aliphatic rings. The van der Waals surface area contributed by atoms with E-state index in [4.69, 9.17) is 4.74 Å². The fraction of sp³-hybridized carbons (Fsp3) is 0.615. The number of nitrogens with one attached hydrogen (secondary N) is 2. The van der Waals surface area contributed by atoms with Crippen molar-refractivity contribution < 1.29 is 9.53 Å². The molecule has 1 aromatic rings. The lowest BCUT2D eigenvalue weighted by atomic mass is 10.2. The molecule has 3 heterocycles. The standard InChI is InChI=1S/C13H19N5O2/c1-7-10-11(18(3)8(2)12(19)16-10)17-13(14-7)15-9-4-5-20-6-9/h8-9H,4-6H2,1-3H3,(H,16,19)(H,14,15,17)/t8-,9+/m0/s1. The maximum Gasteiger partial charge on any atom is 0.246 e. The van der Waals surface area contributed by atoms with Gasteiger partial charge in [0.15, 0.2) is 5.82 Å². The number of aryl methyl sites for hydroxylation is 1. The third-order valence-corrected chi connectivity index (χ3v) is 3.88. The van der Waals surface area contributed by atoms with Crippen LogP contribution in [0.25, 0.3) is 0 Å². The van der Waals surface area contributed by atoms with E-state index in [0.29, 0.717) is 18.2 Å². The van der Waals surface area contributed by atoms with Crippen LogP contribution in [0.2, 0.25) is 0 Å². The number of fused-ring (bicyclic) bond motifs is 1. The second-order valence-corrected chi connectivity index (χ2v) is 5.31. The SMILES string of the molecule is Cc1nc(N[C@@H]2CCOC2)nc2c1NC(=O)[C@H](C)N2C. The predicted molar refractivity (Wildman–Crippen MR) is 76.1 cm³/mol. The lowest BCUT2D eigenvalue weighted by Crippen LogP contribution is -2.45. The largest absolute Gasteiger partial charge is 0.379 e. The molecule has 3 rings (SSSR count). The van der Waals surface area contributed by atoms with E-state index in [1.165, 1.54) is 0 Å². The van der Waals surface area contributed by atoms with Crippen LogP contribution in [0.4, 0.5) is 17.5 Å². The number of hydrogen-bond acceptors (Lipinski definition) is 6. The molecule has 7 nitrogen and oxygen atoms in total. The van der Waals surface area contributed by atoms with Crippen molar-refractivity contribution in [2.45, 2.75) is 32.4 Å². The number of rotatable bonds is 2. The minimum absolute atomic E-state index is 0.0309. The van der Waals surface area contributed by atoms with Crippen LogP contribution in [-0.2, 0) is 9.53 Å². The maximum atomic E-state index is 11.8. The quantitative estimate of drug-likeness (QED) is 0.831. The molecule has 108 valence electrons. The molecule has 20 heavy (non-hydrogen) atoms. The number of hydrogen-bond donors (Lipinski definition) is 2. The lowest BCUT2D eigenvalue weighted by Gasteiger charge is -2.32. The Morgan fingerprint density at radius 1 is 1.45 bits per heavy atom. The summed E-state index contributed by atoms with van der Waals surface area (Å²) in [4.78, 5) is 22.7. The molecule has 0 saturated carbocycles. The zero-order chi connectivity index (χ0) is 14.3. The van der Waals surface area contributed by atoms with Crippen molar-refractivity contribution in [3.8, 4) is 0 Å². The van der Waals surface area contributed by atoms with Gasteiger partial charge in [-0.2, -0.15) is 4.98 Å². The Balaban J connectivity index is 1.92. The smallest absolute Gasteiger partial charge is 0.246 e. The van der Waals surface area contributed by atoms with Crippen molar-refractivity contribution in [2.24, 2.45) is 0 Å². The molecule has 0 aliphatic carbocycles. The summed E-state index contributed by atoms with van der Waals surface area (Å²) >= 11 is 0. The molecule has 0 radical (unpaired) electrons. The van der Waals surface area contributed by atoms with E-state index in [-0.39, 0.29) is 18.0 Å². The first-order chi connectivity index (χ1) is 9.56. The molecular weight excluding hydrogens is 258 g/mol. The van der Waals surface area contributed by atoms with E-state index in [1.807, 2.05) is 25.8 Å². The molecule has 2 atom stereocenters. The number of aromatic nitrogens is 2. The second kappa shape index (κ2) is 4.90. The van der Waals surface area contributed by atoms with Crippen LogP contribution in [0.5, 0.6) is 0 Å². The lowest BCUT2D eigenvalue weighted by molar-refractivity contribution is -0.117. The van der Waals surface area contributed by atoms with Crippen LogP contribution in [-0.4, -0.2) is 48.2 Å². The van der Waals surface area contributed by atoms with Gasteiger partial charge in [-0.25, -0.2) is 4.98 Å². The molecule has 2 aliphatic heterocycles. The van der Waals surface area contributed by atoms with Crippen molar-refractivity contribution in [1.29, 1.82) is 0 Å². The number of carbonyl (C=O) groups excluding carboxylic acids is 1. The zero-order valence-corrected chi connectivity index (χ0v) is 11.9. The highest BCUT2D eigenvalue weighted by molar-refractivity contribution is 6.03. The van der Waals surface area contributed by atoms with Gasteiger partial charge >= 0.3 is 0 Å². The first kappa shape index (κ1) is 13.1. The number of ether oxygens (including phenoxy) is 1. The molecule has 2 N–H and O–H groups in total. The van der Waals surface area contributed by atoms with Gasteiger partial charge in [0.1, 0.15) is 11.7 Å². The van der Waals surface area contributed by atoms with Gasteiger partial charge in [0.05, 0.1) is 18.3 Å². The van der Waals surface area contributed by atoms with Gasteiger partial charge in [0, 0.05) is 13.7 Å². The monoisotopic (exact) mass is 277 g/mol. The molecule has 0 bridgehead atoms. The van der Waals surface area contributed by atoms with Gasteiger partial charge in [0.25, 0.3) is 0 Å². The first-order valence-electron chi connectivity index (χ1n) is 6.83. The normalized spacial score (nSPS) is 25.4. The predicted octanol–water partition coefficient (Wildman–Crippen LogP) is 0.763. The molecule has 1 saturated heterocycles. The number of anilines is 3. The van der Waals surface area contributed by atoms with E-state index in [2.05, 4.69) is 20.6 Å². The van der Waals surface area contributed by atoms with Gasteiger partial charge in [-0.1, -0.05) is 0 Å². The van der Waals surface area contributed by atoms with E-state index in [9.17, 15) is 4.79 Å². The molecule has 1 aromatic heterocycles. The second-order valence-electron chi connectivity index (χ2n) is 5.31. The van der Waals surface area contributed by atoms with Gasteiger partial charge in [-0.05, 0) is 20.3 Å². The average molecular weight is 277 g/mol. The van der Waals surface area contributed by atoms with Crippen LogP contribution < -0.4 is 15.5 Å². The number of likely N-dealkylation sites (N-methyl/N-ethyl adjacent to an activating group) is 1. The van der Waals surface area contributed by atoms with E-state index >= 15 is 0 Å². The summed E-state index contributed by atoms with van der Waals surface area (Å²) in [6.07, 6.45) is 0.961. The fourth-order valence-corrected chi connectivity index (χ4v) is 2.44. The molecule has 0 aromatic carbocycles. The van der Waals surface area contributed by atoms with Gasteiger partial charge in [0.2, 0.25) is 11.9 Å². The molecule has 0 spiro atoms. The molecule has 1 fully saturated rings. The number of carbonyl (C=O) groups is 1. The Bertz CT molecular complexity index is 542. The van der Waals surface area contributed by atoms with Gasteiger partial charge in [-0.3, -0.25) is 4.79 Å². The Morgan fingerprint density at radius 2 is 2.25 bits per heavy atom. The summed E-state index contributed by atoms with van der Waals surface area (Å²) in [7, 11) is 1.87. The van der Waals surface area contributed by atoms with E-state index < -0.39 is 0 Å². The third kappa shape index (κ3) is 2.18. The highest BCUT2D eigenvalue weighted by Crippen LogP contribution is 2.32. The van der Waals surface area contributed by atoms with Crippen molar-refractivity contribution in [3.05, 3.63) is 5.69 Å². The Kier molecular flexibility index (Phi) is 3.21. The van der Waals surface area contributed by atoms with Crippen molar-refractivity contribution >= 4 is 23.4 Å². The Labute approximate surface area is 117 Å². The van der Waals surface area contributed by atoms with Crippen molar-refractivity contribution in [1.82, 2.24) is 9.97 Å². The Hall–Kier alpha value is -1.89. The summed E-state index contributed by atoms with van der Waals surface area (Å²) in [6.45, 7) is 5.19. The summed E-state index contributed by atoms with van der Waals surface area (Å²) in [5, 5.41) is 6.16. The zero-order valence-electron chi connectivity index (χ0n) is 11.9. The highest BCUT2D eigenvalue weighted by atomic mass is 16.5. The summed E-state index contributed by atoms with van der Waals surface area (Å²) in [5.74, 6) is 1.31. The van der Waals surface area contributed by atoms with Gasteiger partial charge < -0.3 is 20.3 Å². The molecule has 0 unspecified atom stereocenters.